The van der Waals surface area contributed by atoms with Crippen molar-refractivity contribution in [3.8, 4) is 0 Å². The molecule has 0 aromatic carbocycles. The smallest absolute Gasteiger partial charge is 0.137 e. The van der Waals surface area contributed by atoms with Gasteiger partial charge in [-0.3, -0.25) is 4.90 Å². The first-order chi connectivity index (χ1) is 9.55. The summed E-state index contributed by atoms with van der Waals surface area (Å²) in [5, 5.41) is 0. The second-order valence-corrected chi connectivity index (χ2v) is 5.62. The first-order valence-corrected chi connectivity index (χ1v) is 7.43. The SMILES string of the molecule is CCN(CC)C(C)(CN)Cc1c(C)nc2ccccn12. The van der Waals surface area contributed by atoms with Crippen LogP contribution in [0.3, 0.4) is 0 Å². The predicted octanol–water partition coefficient (Wildman–Crippen LogP) is 2.24. The first-order valence-electron chi connectivity index (χ1n) is 7.43. The Balaban J connectivity index is 2.41. The molecule has 0 radical (unpaired) electrons. The lowest BCUT2D eigenvalue weighted by molar-refractivity contribution is 0.123. The molecule has 2 rings (SSSR count). The lowest BCUT2D eigenvalue weighted by atomic mass is 9.92. The number of nitrogens with zero attached hydrogens (tertiary/aromatic N) is 3. The van der Waals surface area contributed by atoms with Gasteiger partial charge < -0.3 is 10.1 Å². The molecule has 0 spiro atoms. The van der Waals surface area contributed by atoms with Crippen LogP contribution < -0.4 is 5.73 Å². The van der Waals surface area contributed by atoms with Gasteiger partial charge in [-0.2, -0.15) is 0 Å². The van der Waals surface area contributed by atoms with Crippen LogP contribution in [0.5, 0.6) is 0 Å². The van der Waals surface area contributed by atoms with Crippen molar-refractivity contribution in [1.29, 1.82) is 0 Å². The molecule has 0 aliphatic rings. The minimum atomic E-state index is -0.0277. The zero-order chi connectivity index (χ0) is 14.8. The van der Waals surface area contributed by atoms with Crippen molar-refractivity contribution in [3.63, 3.8) is 0 Å². The Kier molecular flexibility index (Phi) is 4.45. The molecule has 2 heterocycles. The monoisotopic (exact) mass is 274 g/mol. The van der Waals surface area contributed by atoms with Crippen LogP contribution in [-0.2, 0) is 6.42 Å². The number of nitrogens with two attached hydrogens (primary N) is 1. The van der Waals surface area contributed by atoms with E-state index in [9.17, 15) is 0 Å². The van der Waals surface area contributed by atoms with Crippen LogP contribution >= 0.6 is 0 Å². The van der Waals surface area contributed by atoms with Gasteiger partial charge >= 0.3 is 0 Å². The van der Waals surface area contributed by atoms with Gasteiger partial charge in [0.25, 0.3) is 0 Å². The highest BCUT2D eigenvalue weighted by Gasteiger charge is 2.30. The first kappa shape index (κ1) is 15.0. The largest absolute Gasteiger partial charge is 0.329 e. The van der Waals surface area contributed by atoms with Gasteiger partial charge in [-0.25, -0.2) is 4.98 Å². The number of fused-ring (bicyclic) bond motifs is 1. The standard InChI is InChI=1S/C16H26N4/c1-5-19(6-2)16(4,12-17)11-14-13(3)18-15-9-7-8-10-20(14)15/h7-10H,5-6,11-12,17H2,1-4H3. The molecule has 2 aromatic rings. The molecule has 0 saturated heterocycles. The van der Waals surface area contributed by atoms with Crippen molar-refractivity contribution < 1.29 is 0 Å². The fourth-order valence-corrected chi connectivity index (χ4v) is 3.04. The van der Waals surface area contributed by atoms with Crippen molar-refractivity contribution in [2.24, 2.45) is 5.73 Å². The topological polar surface area (TPSA) is 46.6 Å². The molecule has 2 aromatic heterocycles. The van der Waals surface area contributed by atoms with Gasteiger partial charge in [0, 0.05) is 30.4 Å². The third-order valence-electron chi connectivity index (χ3n) is 4.34. The Labute approximate surface area is 121 Å². The molecule has 0 aliphatic heterocycles. The number of rotatable bonds is 6. The van der Waals surface area contributed by atoms with E-state index in [2.05, 4.69) is 54.2 Å². The number of aromatic nitrogens is 2. The van der Waals surface area contributed by atoms with Gasteiger partial charge in [0.05, 0.1) is 5.69 Å². The average molecular weight is 274 g/mol. The summed E-state index contributed by atoms with van der Waals surface area (Å²) in [6.07, 6.45) is 3.01. The van der Waals surface area contributed by atoms with Gasteiger partial charge in [0.1, 0.15) is 5.65 Å². The van der Waals surface area contributed by atoms with E-state index in [4.69, 9.17) is 5.73 Å². The van der Waals surface area contributed by atoms with E-state index in [1.807, 2.05) is 12.1 Å². The molecule has 0 fully saturated rings. The molecule has 4 nitrogen and oxygen atoms in total. The Morgan fingerprint density at radius 3 is 2.60 bits per heavy atom. The lowest BCUT2D eigenvalue weighted by Gasteiger charge is -2.39. The maximum atomic E-state index is 6.10. The number of likely N-dealkylation sites (N-methyl/N-ethyl adjacent to an activating group) is 1. The van der Waals surface area contributed by atoms with Gasteiger partial charge in [-0.1, -0.05) is 19.9 Å². The van der Waals surface area contributed by atoms with Crippen molar-refractivity contribution in [3.05, 3.63) is 35.8 Å². The van der Waals surface area contributed by atoms with Gasteiger partial charge in [0.2, 0.25) is 0 Å². The van der Waals surface area contributed by atoms with Crippen LogP contribution in [0.1, 0.15) is 32.2 Å². The third-order valence-corrected chi connectivity index (χ3v) is 4.34. The Morgan fingerprint density at radius 2 is 2.00 bits per heavy atom. The summed E-state index contributed by atoms with van der Waals surface area (Å²) in [4.78, 5) is 7.09. The second kappa shape index (κ2) is 5.94. The molecular formula is C16H26N4. The number of pyridine rings is 1. The summed E-state index contributed by atoms with van der Waals surface area (Å²) in [6.45, 7) is 11.4. The molecule has 1 atom stereocenters. The van der Waals surface area contributed by atoms with Gasteiger partial charge in [-0.05, 0) is 39.1 Å². The quantitative estimate of drug-likeness (QED) is 0.879. The third kappa shape index (κ3) is 2.58. The molecule has 4 heteroatoms. The number of hydrogen-bond donors (Lipinski definition) is 1. The Bertz CT molecular complexity index is 571. The van der Waals surface area contributed by atoms with Crippen LogP contribution in [0.2, 0.25) is 0 Å². The lowest BCUT2D eigenvalue weighted by Crippen LogP contribution is -2.53. The molecule has 20 heavy (non-hydrogen) atoms. The van der Waals surface area contributed by atoms with Crippen LogP contribution in [0.4, 0.5) is 0 Å². The minimum Gasteiger partial charge on any atom is -0.329 e. The summed E-state index contributed by atoms with van der Waals surface area (Å²) in [7, 11) is 0. The highest BCUT2D eigenvalue weighted by molar-refractivity contribution is 5.43. The van der Waals surface area contributed by atoms with Gasteiger partial charge in [-0.15, -0.1) is 0 Å². The molecule has 0 bridgehead atoms. The minimum absolute atomic E-state index is 0.0277. The maximum Gasteiger partial charge on any atom is 0.137 e. The molecule has 1 unspecified atom stereocenters. The summed E-state index contributed by atoms with van der Waals surface area (Å²) in [6, 6.07) is 6.13. The summed E-state index contributed by atoms with van der Waals surface area (Å²) in [5.41, 5.74) is 9.45. The fourth-order valence-electron chi connectivity index (χ4n) is 3.04. The van der Waals surface area contributed by atoms with E-state index in [-0.39, 0.29) is 5.54 Å². The number of imidazole rings is 1. The van der Waals surface area contributed by atoms with E-state index in [0.29, 0.717) is 6.54 Å². The van der Waals surface area contributed by atoms with Crippen molar-refractivity contribution in [2.45, 2.75) is 39.7 Å². The molecule has 0 amide bonds. The van der Waals surface area contributed by atoms with E-state index >= 15 is 0 Å². The highest BCUT2D eigenvalue weighted by atomic mass is 15.2. The van der Waals surface area contributed by atoms with E-state index in [0.717, 1.165) is 30.9 Å². The average Bonchev–Trinajstić information content (AvgIpc) is 2.76. The second-order valence-electron chi connectivity index (χ2n) is 5.62. The zero-order valence-corrected chi connectivity index (χ0v) is 13.1. The number of aryl methyl sites for hydroxylation is 1. The summed E-state index contributed by atoms with van der Waals surface area (Å²) >= 11 is 0. The van der Waals surface area contributed by atoms with Gasteiger partial charge in [0.15, 0.2) is 0 Å². The van der Waals surface area contributed by atoms with E-state index < -0.39 is 0 Å². The van der Waals surface area contributed by atoms with Crippen LogP contribution in [0.15, 0.2) is 24.4 Å². The zero-order valence-electron chi connectivity index (χ0n) is 13.1. The molecule has 0 aliphatic carbocycles. The maximum absolute atomic E-state index is 6.10. The van der Waals surface area contributed by atoms with Crippen LogP contribution in [0, 0.1) is 6.92 Å². The van der Waals surface area contributed by atoms with Crippen molar-refractivity contribution in [1.82, 2.24) is 14.3 Å². The molecule has 110 valence electrons. The molecule has 2 N–H and O–H groups in total. The normalized spacial score (nSPS) is 14.9. The fraction of sp³-hybridized carbons (Fsp3) is 0.562. The van der Waals surface area contributed by atoms with Crippen molar-refractivity contribution in [2.75, 3.05) is 19.6 Å². The Morgan fingerprint density at radius 1 is 1.30 bits per heavy atom. The van der Waals surface area contributed by atoms with Crippen molar-refractivity contribution >= 4 is 5.65 Å². The van der Waals surface area contributed by atoms with Crippen LogP contribution in [0.25, 0.3) is 5.65 Å². The summed E-state index contributed by atoms with van der Waals surface area (Å²) in [5.74, 6) is 0. The Hall–Kier alpha value is -1.39. The summed E-state index contributed by atoms with van der Waals surface area (Å²) < 4.78 is 2.19. The van der Waals surface area contributed by atoms with E-state index in [1.54, 1.807) is 0 Å². The van der Waals surface area contributed by atoms with E-state index in [1.165, 1.54) is 5.69 Å². The highest BCUT2D eigenvalue weighted by Crippen LogP contribution is 2.23. The van der Waals surface area contributed by atoms with Crippen LogP contribution in [-0.4, -0.2) is 39.5 Å². The molecule has 0 saturated carbocycles. The molecular weight excluding hydrogens is 248 g/mol. The number of hydrogen-bond acceptors (Lipinski definition) is 3. The predicted molar refractivity (Wildman–Crippen MR) is 84.0 cm³/mol.